The molecule has 0 amide bonds. The summed E-state index contributed by atoms with van der Waals surface area (Å²) in [6.45, 7) is 1.96. The van der Waals surface area contributed by atoms with Crippen molar-refractivity contribution in [3.8, 4) is 11.1 Å². The van der Waals surface area contributed by atoms with Crippen molar-refractivity contribution >= 4 is 19.6 Å². The van der Waals surface area contributed by atoms with Crippen molar-refractivity contribution in [2.24, 2.45) is 10.7 Å². The second-order valence-electron chi connectivity index (χ2n) is 5.02. The van der Waals surface area contributed by atoms with E-state index in [-0.39, 0.29) is 12.6 Å². The Labute approximate surface area is 128 Å². The molecule has 0 radical (unpaired) electrons. The van der Waals surface area contributed by atoms with Crippen molar-refractivity contribution in [2.45, 2.75) is 13.3 Å². The summed E-state index contributed by atoms with van der Waals surface area (Å²) in [5, 5.41) is 0. The first-order valence-corrected chi connectivity index (χ1v) is 8.52. The third-order valence-electron chi connectivity index (χ3n) is 3.15. The molecular weight excluding hydrogens is 301 g/mol. The van der Waals surface area contributed by atoms with Gasteiger partial charge in [0.15, 0.2) is 0 Å². The van der Waals surface area contributed by atoms with Crippen LogP contribution in [0.2, 0.25) is 0 Å². The number of aliphatic imine (C=N–C) groups is 1. The first-order chi connectivity index (χ1) is 10.4. The van der Waals surface area contributed by atoms with Crippen LogP contribution in [0.15, 0.2) is 41.7 Å². The summed E-state index contributed by atoms with van der Waals surface area (Å²) in [5.41, 5.74) is 9.67. The van der Waals surface area contributed by atoms with Gasteiger partial charge in [0.1, 0.15) is 0 Å². The van der Waals surface area contributed by atoms with E-state index in [2.05, 4.69) is 9.98 Å². The van der Waals surface area contributed by atoms with Gasteiger partial charge in [-0.05, 0) is 36.6 Å². The summed E-state index contributed by atoms with van der Waals surface area (Å²) >= 11 is 0. The maximum atomic E-state index is 11.0. The van der Waals surface area contributed by atoms with E-state index in [4.69, 9.17) is 15.5 Å². The molecule has 0 saturated carbocycles. The van der Waals surface area contributed by atoms with Gasteiger partial charge in [-0.3, -0.25) is 9.55 Å². The van der Waals surface area contributed by atoms with Crippen molar-refractivity contribution < 1.29 is 14.4 Å². The van der Waals surface area contributed by atoms with Crippen molar-refractivity contribution in [3.05, 3.63) is 47.8 Å². The van der Waals surface area contributed by atoms with E-state index >= 15 is 0 Å². The lowest BCUT2D eigenvalue weighted by Crippen LogP contribution is -1.95. The van der Waals surface area contributed by atoms with Gasteiger partial charge in [-0.2, -0.15) is 0 Å². The normalized spacial score (nSPS) is 12.0. The van der Waals surface area contributed by atoms with Crippen molar-refractivity contribution in [3.63, 3.8) is 0 Å². The smallest absolute Gasteiger partial charge is 0.325 e. The first kappa shape index (κ1) is 16.4. The second-order valence-corrected chi connectivity index (χ2v) is 6.80. The molecule has 1 aromatic carbocycles. The van der Waals surface area contributed by atoms with Gasteiger partial charge < -0.3 is 15.5 Å². The van der Waals surface area contributed by atoms with Gasteiger partial charge in [0.25, 0.3) is 0 Å². The summed E-state index contributed by atoms with van der Waals surface area (Å²) in [6, 6.07) is 7.49. The molecule has 22 heavy (non-hydrogen) atoms. The fourth-order valence-electron chi connectivity index (χ4n) is 2.14. The summed E-state index contributed by atoms with van der Waals surface area (Å²) in [4.78, 5) is 26.3. The number of aromatic nitrogens is 1. The molecule has 0 atom stereocenters. The van der Waals surface area contributed by atoms with E-state index in [1.54, 1.807) is 18.5 Å². The van der Waals surface area contributed by atoms with Gasteiger partial charge in [-0.15, -0.1) is 0 Å². The lowest BCUT2D eigenvalue weighted by Gasteiger charge is -2.10. The van der Waals surface area contributed by atoms with E-state index in [0.29, 0.717) is 5.69 Å². The van der Waals surface area contributed by atoms with Crippen LogP contribution >= 0.6 is 7.60 Å². The number of pyridine rings is 1. The number of aryl methyl sites for hydroxylation is 2. The number of hydrogen-bond acceptors (Lipinski definition) is 3. The van der Waals surface area contributed by atoms with Gasteiger partial charge >= 0.3 is 7.60 Å². The Morgan fingerprint density at radius 2 is 2.09 bits per heavy atom. The highest BCUT2D eigenvalue weighted by Gasteiger charge is 2.13. The monoisotopic (exact) mass is 319 g/mol. The summed E-state index contributed by atoms with van der Waals surface area (Å²) in [5.74, 6) is 0. The minimum atomic E-state index is -4.01. The van der Waals surface area contributed by atoms with Crippen LogP contribution in [0, 0.1) is 6.92 Å². The average Bonchev–Trinajstić information content (AvgIpc) is 2.45. The van der Waals surface area contributed by atoms with Gasteiger partial charge in [-0.25, -0.2) is 4.99 Å². The minimum absolute atomic E-state index is 0.190. The van der Waals surface area contributed by atoms with Crippen LogP contribution in [0.3, 0.4) is 0 Å². The Morgan fingerprint density at radius 3 is 2.73 bits per heavy atom. The van der Waals surface area contributed by atoms with E-state index in [1.165, 1.54) is 6.34 Å². The topological polar surface area (TPSA) is 109 Å². The van der Waals surface area contributed by atoms with Crippen molar-refractivity contribution in [1.82, 2.24) is 4.98 Å². The maximum absolute atomic E-state index is 11.0. The molecule has 4 N–H and O–H groups in total. The molecule has 0 aliphatic rings. The molecule has 116 valence electrons. The SMILES string of the molecule is Cc1cncc(-c2ccc(CCP(=O)(O)O)cc2N=CN)c1. The third-order valence-corrected chi connectivity index (χ3v) is 3.96. The molecule has 2 rings (SSSR count). The fraction of sp³-hybridized carbons (Fsp3) is 0.200. The molecule has 2 aromatic rings. The fourth-order valence-corrected chi connectivity index (χ4v) is 2.69. The average molecular weight is 319 g/mol. The molecule has 0 unspecified atom stereocenters. The predicted molar refractivity (Wildman–Crippen MR) is 87.4 cm³/mol. The van der Waals surface area contributed by atoms with Crippen molar-refractivity contribution in [2.75, 3.05) is 6.16 Å². The van der Waals surface area contributed by atoms with E-state index in [9.17, 15) is 4.57 Å². The highest BCUT2D eigenvalue weighted by molar-refractivity contribution is 7.51. The van der Waals surface area contributed by atoms with Gasteiger partial charge in [0.2, 0.25) is 0 Å². The van der Waals surface area contributed by atoms with Crippen LogP contribution in [0.25, 0.3) is 11.1 Å². The Balaban J connectivity index is 2.37. The summed E-state index contributed by atoms with van der Waals surface area (Å²) in [7, 11) is -4.01. The predicted octanol–water partition coefficient (Wildman–Crippen LogP) is 2.40. The van der Waals surface area contributed by atoms with Gasteiger partial charge in [0, 0.05) is 23.5 Å². The van der Waals surface area contributed by atoms with E-state index < -0.39 is 7.60 Å². The molecule has 1 heterocycles. The molecule has 0 aliphatic heterocycles. The van der Waals surface area contributed by atoms with E-state index in [1.807, 2.05) is 25.1 Å². The Hall–Kier alpha value is -2.01. The minimum Gasteiger partial charge on any atom is -0.390 e. The van der Waals surface area contributed by atoms with E-state index in [0.717, 1.165) is 22.3 Å². The lowest BCUT2D eigenvalue weighted by atomic mass is 10.0. The van der Waals surface area contributed by atoms with Crippen LogP contribution < -0.4 is 5.73 Å². The number of hydrogen-bond donors (Lipinski definition) is 3. The Morgan fingerprint density at radius 1 is 1.32 bits per heavy atom. The van der Waals surface area contributed by atoms with Crippen molar-refractivity contribution in [1.29, 1.82) is 0 Å². The lowest BCUT2D eigenvalue weighted by molar-refractivity contribution is 0.373. The zero-order chi connectivity index (χ0) is 16.2. The highest BCUT2D eigenvalue weighted by Crippen LogP contribution is 2.36. The largest absolute Gasteiger partial charge is 0.390 e. The van der Waals surface area contributed by atoms with Gasteiger partial charge in [-0.1, -0.05) is 12.1 Å². The van der Waals surface area contributed by atoms with Crippen LogP contribution in [0.1, 0.15) is 11.1 Å². The zero-order valence-electron chi connectivity index (χ0n) is 12.2. The molecule has 0 fully saturated rings. The maximum Gasteiger partial charge on any atom is 0.325 e. The highest BCUT2D eigenvalue weighted by atomic mass is 31.2. The number of rotatable bonds is 5. The number of nitrogens with zero attached hydrogens (tertiary/aromatic N) is 2. The van der Waals surface area contributed by atoms with Gasteiger partial charge in [0.05, 0.1) is 18.2 Å². The molecule has 0 spiro atoms. The Bertz CT molecular complexity index is 741. The first-order valence-electron chi connectivity index (χ1n) is 6.73. The van der Waals surface area contributed by atoms with Crippen LogP contribution in [-0.2, 0) is 11.0 Å². The molecule has 1 aromatic heterocycles. The third kappa shape index (κ3) is 4.49. The molecule has 0 aliphatic carbocycles. The van der Waals surface area contributed by atoms with Crippen LogP contribution in [0.4, 0.5) is 5.69 Å². The number of benzene rings is 1. The number of nitrogens with two attached hydrogens (primary N) is 1. The molecule has 0 bridgehead atoms. The molecule has 6 nitrogen and oxygen atoms in total. The molecule has 7 heteroatoms. The summed E-state index contributed by atoms with van der Waals surface area (Å²) < 4.78 is 11.0. The second kappa shape index (κ2) is 6.83. The van der Waals surface area contributed by atoms with Crippen LogP contribution in [0.5, 0.6) is 0 Å². The standard InChI is InChI=1S/C15H18N3O3P/c1-11-6-13(9-17-8-11)14-3-2-12(4-5-22(19,20)21)7-15(14)18-10-16/h2-3,6-10H,4-5H2,1H3,(H2,16,18)(H2,19,20,21). The molecular formula is C15H18N3O3P. The molecule has 0 saturated heterocycles. The zero-order valence-corrected chi connectivity index (χ0v) is 13.1. The quantitative estimate of drug-likeness (QED) is 0.445. The van der Waals surface area contributed by atoms with Crippen LogP contribution in [-0.4, -0.2) is 27.3 Å². The Kier molecular flexibility index (Phi) is 5.08. The summed E-state index contributed by atoms with van der Waals surface area (Å²) in [6.07, 6.45) is 4.81.